The van der Waals surface area contributed by atoms with Crippen LogP contribution in [0.2, 0.25) is 0 Å². The maximum atomic E-state index is 4.39. The molecule has 4 nitrogen and oxygen atoms in total. The molecule has 4 heteroatoms. The number of piperidine rings is 1. The first kappa shape index (κ1) is 13.3. The van der Waals surface area contributed by atoms with Crippen LogP contribution in [-0.2, 0) is 6.42 Å². The summed E-state index contributed by atoms with van der Waals surface area (Å²) in [7, 11) is 0. The summed E-state index contributed by atoms with van der Waals surface area (Å²) >= 11 is 0. The van der Waals surface area contributed by atoms with Crippen molar-refractivity contribution in [3.63, 3.8) is 0 Å². The van der Waals surface area contributed by atoms with Crippen LogP contribution in [-0.4, -0.2) is 35.6 Å². The number of aromatic nitrogens is 2. The van der Waals surface area contributed by atoms with Gasteiger partial charge in [0, 0.05) is 30.9 Å². The van der Waals surface area contributed by atoms with Gasteiger partial charge in [-0.25, -0.2) is 9.97 Å². The summed E-state index contributed by atoms with van der Waals surface area (Å²) in [6.45, 7) is 7.68. The molecule has 0 radical (unpaired) electrons. The predicted octanol–water partition coefficient (Wildman–Crippen LogP) is 2.01. The zero-order valence-electron chi connectivity index (χ0n) is 11.5. The molecule has 0 aromatic carbocycles. The number of nitrogens with one attached hydrogen (secondary N) is 1. The third-order valence-corrected chi connectivity index (χ3v) is 3.57. The molecule has 1 N–H and O–H groups in total. The number of hydrogen-bond donors (Lipinski definition) is 1. The Balaban J connectivity index is 1.88. The van der Waals surface area contributed by atoms with Gasteiger partial charge in [0.25, 0.3) is 0 Å². The molecule has 0 atom stereocenters. The van der Waals surface area contributed by atoms with Gasteiger partial charge in [0.15, 0.2) is 0 Å². The SMILES string of the molecule is CCCNC1CCN(c2cc(CC)ncn2)CC1. The van der Waals surface area contributed by atoms with E-state index in [1.54, 1.807) is 6.33 Å². The number of nitrogens with zero attached hydrogens (tertiary/aromatic N) is 3. The van der Waals surface area contributed by atoms with Crippen molar-refractivity contribution in [1.29, 1.82) is 0 Å². The van der Waals surface area contributed by atoms with E-state index in [1.807, 2.05) is 0 Å². The van der Waals surface area contributed by atoms with E-state index < -0.39 is 0 Å². The van der Waals surface area contributed by atoms with Gasteiger partial charge in [-0.3, -0.25) is 0 Å². The third-order valence-electron chi connectivity index (χ3n) is 3.57. The number of rotatable bonds is 5. The van der Waals surface area contributed by atoms with Gasteiger partial charge in [0.2, 0.25) is 0 Å². The summed E-state index contributed by atoms with van der Waals surface area (Å²) in [5, 5.41) is 3.61. The van der Waals surface area contributed by atoms with E-state index in [-0.39, 0.29) is 0 Å². The van der Waals surface area contributed by atoms with Gasteiger partial charge >= 0.3 is 0 Å². The summed E-state index contributed by atoms with van der Waals surface area (Å²) in [4.78, 5) is 11.0. The second-order valence-electron chi connectivity index (χ2n) is 4.94. The first-order valence-corrected chi connectivity index (χ1v) is 7.12. The van der Waals surface area contributed by atoms with E-state index in [2.05, 4.69) is 40.1 Å². The molecule has 1 saturated heterocycles. The Morgan fingerprint density at radius 2 is 2.06 bits per heavy atom. The molecular weight excluding hydrogens is 224 g/mol. The van der Waals surface area contributed by atoms with Crippen LogP contribution in [0.5, 0.6) is 0 Å². The van der Waals surface area contributed by atoms with Crippen LogP contribution in [0.25, 0.3) is 0 Å². The van der Waals surface area contributed by atoms with Crippen LogP contribution in [0, 0.1) is 0 Å². The van der Waals surface area contributed by atoms with Crippen LogP contribution < -0.4 is 10.2 Å². The molecule has 0 unspecified atom stereocenters. The standard InChI is InChI=1S/C14H24N4/c1-3-7-15-13-5-8-18(9-6-13)14-10-12(4-2)16-11-17-14/h10-11,13,15H,3-9H2,1-2H3. The summed E-state index contributed by atoms with van der Waals surface area (Å²) in [6, 6.07) is 2.81. The van der Waals surface area contributed by atoms with Gasteiger partial charge in [-0.2, -0.15) is 0 Å². The first-order chi connectivity index (χ1) is 8.83. The quantitative estimate of drug-likeness (QED) is 0.865. The maximum Gasteiger partial charge on any atom is 0.132 e. The monoisotopic (exact) mass is 248 g/mol. The minimum atomic E-state index is 0.689. The van der Waals surface area contributed by atoms with E-state index >= 15 is 0 Å². The summed E-state index contributed by atoms with van der Waals surface area (Å²) < 4.78 is 0. The van der Waals surface area contributed by atoms with Gasteiger partial charge in [-0.1, -0.05) is 13.8 Å². The highest BCUT2D eigenvalue weighted by molar-refractivity contribution is 5.39. The van der Waals surface area contributed by atoms with E-state index in [9.17, 15) is 0 Å². The molecule has 18 heavy (non-hydrogen) atoms. The lowest BCUT2D eigenvalue weighted by Gasteiger charge is -2.33. The second-order valence-corrected chi connectivity index (χ2v) is 4.94. The fourth-order valence-electron chi connectivity index (χ4n) is 2.41. The molecule has 1 fully saturated rings. The van der Waals surface area contributed by atoms with Crippen LogP contribution in [0.4, 0.5) is 5.82 Å². The normalized spacial score (nSPS) is 17.1. The molecule has 0 aliphatic carbocycles. The summed E-state index contributed by atoms with van der Waals surface area (Å²) in [5.41, 5.74) is 1.13. The topological polar surface area (TPSA) is 41.0 Å². The Morgan fingerprint density at radius 3 is 2.72 bits per heavy atom. The molecule has 0 spiro atoms. The van der Waals surface area contributed by atoms with Crippen molar-refractivity contribution in [3.8, 4) is 0 Å². The van der Waals surface area contributed by atoms with E-state index in [0.717, 1.165) is 37.6 Å². The highest BCUT2D eigenvalue weighted by Crippen LogP contribution is 2.18. The fraction of sp³-hybridized carbons (Fsp3) is 0.714. The molecule has 2 heterocycles. The fourth-order valence-corrected chi connectivity index (χ4v) is 2.41. The van der Waals surface area contributed by atoms with Crippen molar-refractivity contribution < 1.29 is 0 Å². The molecule has 0 bridgehead atoms. The van der Waals surface area contributed by atoms with Crippen LogP contribution >= 0.6 is 0 Å². The summed E-state index contributed by atoms with van der Waals surface area (Å²) in [5.74, 6) is 1.09. The minimum Gasteiger partial charge on any atom is -0.356 e. The Bertz CT molecular complexity index is 359. The van der Waals surface area contributed by atoms with Crippen LogP contribution in [0.1, 0.15) is 38.8 Å². The van der Waals surface area contributed by atoms with Crippen LogP contribution in [0.3, 0.4) is 0 Å². The zero-order chi connectivity index (χ0) is 12.8. The lowest BCUT2D eigenvalue weighted by Crippen LogP contribution is -2.43. The molecule has 1 aromatic rings. The van der Waals surface area contributed by atoms with Crippen molar-refractivity contribution in [2.24, 2.45) is 0 Å². The van der Waals surface area contributed by atoms with Crippen molar-refractivity contribution in [2.45, 2.75) is 45.6 Å². The van der Waals surface area contributed by atoms with E-state index in [1.165, 1.54) is 19.3 Å². The van der Waals surface area contributed by atoms with E-state index in [4.69, 9.17) is 0 Å². The molecule has 100 valence electrons. The summed E-state index contributed by atoms with van der Waals surface area (Å²) in [6.07, 6.45) is 6.31. The second kappa shape index (κ2) is 6.69. The van der Waals surface area contributed by atoms with Crippen molar-refractivity contribution in [2.75, 3.05) is 24.5 Å². The molecule has 0 saturated carbocycles. The third kappa shape index (κ3) is 3.42. The van der Waals surface area contributed by atoms with Crippen LogP contribution in [0.15, 0.2) is 12.4 Å². The van der Waals surface area contributed by atoms with Crippen molar-refractivity contribution in [3.05, 3.63) is 18.1 Å². The number of hydrogen-bond acceptors (Lipinski definition) is 4. The average molecular weight is 248 g/mol. The predicted molar refractivity (Wildman–Crippen MR) is 74.9 cm³/mol. The highest BCUT2D eigenvalue weighted by atomic mass is 15.2. The van der Waals surface area contributed by atoms with Crippen molar-refractivity contribution in [1.82, 2.24) is 15.3 Å². The average Bonchev–Trinajstić information content (AvgIpc) is 2.46. The van der Waals surface area contributed by atoms with Gasteiger partial charge in [-0.05, 0) is 32.2 Å². The van der Waals surface area contributed by atoms with Crippen molar-refractivity contribution >= 4 is 5.82 Å². The van der Waals surface area contributed by atoms with Gasteiger partial charge in [0.1, 0.15) is 12.1 Å². The Hall–Kier alpha value is -1.16. The Labute approximate surface area is 110 Å². The molecule has 1 aliphatic heterocycles. The molecular formula is C14H24N4. The first-order valence-electron chi connectivity index (χ1n) is 7.12. The molecule has 0 amide bonds. The zero-order valence-corrected chi connectivity index (χ0v) is 11.5. The number of anilines is 1. The number of aryl methyl sites for hydroxylation is 1. The van der Waals surface area contributed by atoms with E-state index in [0.29, 0.717) is 6.04 Å². The smallest absolute Gasteiger partial charge is 0.132 e. The molecule has 2 rings (SSSR count). The van der Waals surface area contributed by atoms with Gasteiger partial charge in [0.05, 0.1) is 0 Å². The minimum absolute atomic E-state index is 0.689. The molecule has 1 aliphatic rings. The van der Waals surface area contributed by atoms with Gasteiger partial charge < -0.3 is 10.2 Å². The Kier molecular flexibility index (Phi) is 4.93. The lowest BCUT2D eigenvalue weighted by atomic mass is 10.0. The highest BCUT2D eigenvalue weighted by Gasteiger charge is 2.19. The Morgan fingerprint density at radius 1 is 1.28 bits per heavy atom. The molecule has 1 aromatic heterocycles. The maximum absolute atomic E-state index is 4.39. The van der Waals surface area contributed by atoms with Gasteiger partial charge in [-0.15, -0.1) is 0 Å². The largest absolute Gasteiger partial charge is 0.356 e. The lowest BCUT2D eigenvalue weighted by molar-refractivity contribution is 0.414.